The summed E-state index contributed by atoms with van der Waals surface area (Å²) in [5, 5.41) is 3.31. The zero-order valence-electron chi connectivity index (χ0n) is 14.3. The molecule has 1 aliphatic carbocycles. The minimum absolute atomic E-state index is 0. The predicted molar refractivity (Wildman–Crippen MR) is 87.4 cm³/mol. The molecule has 1 aromatic rings. The van der Waals surface area contributed by atoms with Gasteiger partial charge in [0.05, 0.1) is 0 Å². The molecule has 0 radical (unpaired) electrons. The zero-order chi connectivity index (χ0) is 14.8. The van der Waals surface area contributed by atoms with E-state index in [4.69, 9.17) is 0 Å². The Morgan fingerprint density at radius 2 is 1.65 bits per heavy atom. The first kappa shape index (κ1) is 25.7. The fourth-order valence-corrected chi connectivity index (χ4v) is 7.75. The standard InChI is InChI=1S/C18H25Si.3ClH.Ti/c1-5-15(3)17-13-10-14-18(17)19(4,6-2)16-11-8-7-9-12-16;;;;/h7-9,11-12,14-15H,5-6,10H2,1-4H3;3*1H;/q;;;;+3/p-3. The van der Waals surface area contributed by atoms with Crippen LogP contribution >= 0.6 is 0 Å². The largest absolute Gasteiger partial charge is 1.00 e. The molecule has 0 nitrogen and oxygen atoms in total. The zero-order valence-corrected chi connectivity index (χ0v) is 19.1. The molecule has 2 unspecified atom stereocenters. The van der Waals surface area contributed by atoms with Crippen molar-refractivity contribution in [1.82, 2.24) is 0 Å². The predicted octanol–water partition coefficient (Wildman–Crippen LogP) is -4.28. The van der Waals surface area contributed by atoms with E-state index in [0.717, 1.165) is 0 Å². The molecule has 0 aromatic heterocycles. The van der Waals surface area contributed by atoms with Gasteiger partial charge >= 0.3 is 137 Å². The van der Waals surface area contributed by atoms with Crippen molar-refractivity contribution >= 4 is 13.3 Å². The summed E-state index contributed by atoms with van der Waals surface area (Å²) in [4.78, 5) is 0. The second kappa shape index (κ2) is 11.2. The Kier molecular flexibility index (Phi) is 12.5. The Labute approximate surface area is 173 Å². The molecule has 0 saturated carbocycles. The van der Waals surface area contributed by atoms with Crippen molar-refractivity contribution in [2.24, 2.45) is 5.92 Å². The Bertz CT molecular complexity index is 542. The molecule has 126 valence electrons. The molecule has 0 amide bonds. The molecule has 2 rings (SSSR count). The van der Waals surface area contributed by atoms with Crippen LogP contribution < -0.4 is 42.4 Å². The molecular weight excluding hydrogens is 399 g/mol. The second-order valence-corrected chi connectivity index (χ2v) is 11.5. The fraction of sp³-hybridized carbons (Fsp3) is 0.444. The quantitative estimate of drug-likeness (QED) is 0.421. The second-order valence-electron chi connectivity index (χ2n) is 6.08. The van der Waals surface area contributed by atoms with Crippen LogP contribution in [-0.4, -0.2) is 8.07 Å². The van der Waals surface area contributed by atoms with E-state index in [2.05, 4.69) is 84.2 Å². The molecule has 0 N–H and O–H groups in total. The normalized spacial score (nSPS) is 17.2. The van der Waals surface area contributed by atoms with E-state index in [1.54, 1.807) is 19.8 Å². The number of halogens is 3. The van der Waals surface area contributed by atoms with Gasteiger partial charge in [0.1, 0.15) is 0 Å². The summed E-state index contributed by atoms with van der Waals surface area (Å²) in [5.41, 5.74) is 1.69. The minimum Gasteiger partial charge on any atom is -1.00 e. The summed E-state index contributed by atoms with van der Waals surface area (Å²) >= 11 is 2.33. The van der Waals surface area contributed by atoms with E-state index in [1.165, 1.54) is 18.9 Å². The van der Waals surface area contributed by atoms with Crippen LogP contribution in [0.3, 0.4) is 0 Å². The SMILES string of the molecule is CCC(C)C1=[C]([Ti+3])CC=C1[Si](C)(CC)c1ccccc1.[Cl-].[Cl-].[Cl-]. The molecule has 0 heterocycles. The Hall–Kier alpha value is 0.501. The number of rotatable bonds is 5. The van der Waals surface area contributed by atoms with Crippen molar-refractivity contribution in [2.75, 3.05) is 0 Å². The molecule has 0 saturated heterocycles. The van der Waals surface area contributed by atoms with E-state index in [9.17, 15) is 0 Å². The third-order valence-electron chi connectivity index (χ3n) is 4.94. The Morgan fingerprint density at radius 3 is 2.13 bits per heavy atom. The van der Waals surface area contributed by atoms with Crippen molar-refractivity contribution in [3.8, 4) is 0 Å². The van der Waals surface area contributed by atoms with Crippen LogP contribution in [0, 0.1) is 5.92 Å². The summed E-state index contributed by atoms with van der Waals surface area (Å²) in [6.07, 6.45) is 4.96. The summed E-state index contributed by atoms with van der Waals surface area (Å²) in [7, 11) is -1.55. The summed E-state index contributed by atoms with van der Waals surface area (Å²) in [6.45, 7) is 9.64. The van der Waals surface area contributed by atoms with Gasteiger partial charge in [-0.1, -0.05) is 0 Å². The maximum atomic E-state index is 2.55. The molecule has 0 fully saturated rings. The topological polar surface area (TPSA) is 0 Å². The third kappa shape index (κ3) is 5.24. The summed E-state index contributed by atoms with van der Waals surface area (Å²) < 4.78 is 1.61. The number of benzene rings is 1. The van der Waals surface area contributed by atoms with Crippen LogP contribution in [0.1, 0.15) is 33.6 Å². The van der Waals surface area contributed by atoms with Gasteiger partial charge in [0.15, 0.2) is 0 Å². The maximum absolute atomic E-state index is 2.55. The molecule has 0 bridgehead atoms. The number of hydrogen-bond donors (Lipinski definition) is 0. The van der Waals surface area contributed by atoms with Crippen molar-refractivity contribution < 1.29 is 57.7 Å². The van der Waals surface area contributed by atoms with Gasteiger partial charge in [-0.25, -0.2) is 0 Å². The Morgan fingerprint density at radius 1 is 1.09 bits per heavy atom. The average molecular weight is 424 g/mol. The van der Waals surface area contributed by atoms with Gasteiger partial charge in [-0.3, -0.25) is 0 Å². The molecule has 0 spiro atoms. The van der Waals surface area contributed by atoms with Gasteiger partial charge in [-0.2, -0.15) is 0 Å². The van der Waals surface area contributed by atoms with E-state index in [0.29, 0.717) is 5.92 Å². The van der Waals surface area contributed by atoms with Gasteiger partial charge in [0.25, 0.3) is 0 Å². The first-order valence-corrected chi connectivity index (χ1v) is 11.2. The molecule has 23 heavy (non-hydrogen) atoms. The van der Waals surface area contributed by atoms with Gasteiger partial charge in [0.2, 0.25) is 0 Å². The summed E-state index contributed by atoms with van der Waals surface area (Å²) in [5.74, 6) is 0.700. The van der Waals surface area contributed by atoms with Crippen molar-refractivity contribution in [3.05, 3.63) is 51.1 Å². The maximum Gasteiger partial charge on any atom is -1.00 e. The summed E-state index contributed by atoms with van der Waals surface area (Å²) in [6, 6.07) is 12.5. The third-order valence-corrected chi connectivity index (χ3v) is 10.4. The molecule has 0 aliphatic heterocycles. The van der Waals surface area contributed by atoms with Crippen molar-refractivity contribution in [2.45, 2.75) is 46.2 Å². The monoisotopic (exact) mass is 422 g/mol. The van der Waals surface area contributed by atoms with Crippen LogP contribution in [0.4, 0.5) is 0 Å². The van der Waals surface area contributed by atoms with E-state index < -0.39 is 8.07 Å². The van der Waals surface area contributed by atoms with E-state index >= 15 is 0 Å². The van der Waals surface area contributed by atoms with Gasteiger partial charge in [-0.15, -0.1) is 0 Å². The number of allylic oxidation sites excluding steroid dienone is 4. The molecular formula is C18H25Cl3SiTi. The first-order chi connectivity index (χ1) is 9.54. The molecule has 2 atom stereocenters. The van der Waals surface area contributed by atoms with Crippen LogP contribution in [0.15, 0.2) is 51.1 Å². The van der Waals surface area contributed by atoms with Gasteiger partial charge < -0.3 is 37.2 Å². The fourth-order valence-electron chi connectivity index (χ4n) is 3.23. The molecule has 1 aliphatic rings. The minimum atomic E-state index is -1.55. The van der Waals surface area contributed by atoms with Crippen LogP contribution in [-0.2, 0) is 20.4 Å². The van der Waals surface area contributed by atoms with E-state index in [1.807, 2.05) is 0 Å². The Balaban J connectivity index is 0. The van der Waals surface area contributed by atoms with E-state index in [-0.39, 0.29) is 37.2 Å². The molecule has 1 aromatic carbocycles. The smallest absolute Gasteiger partial charge is 1.00 e. The average Bonchev–Trinajstić information content (AvgIpc) is 2.88. The van der Waals surface area contributed by atoms with Gasteiger partial charge in [-0.05, 0) is 0 Å². The van der Waals surface area contributed by atoms with Crippen LogP contribution in [0.2, 0.25) is 12.6 Å². The van der Waals surface area contributed by atoms with Crippen molar-refractivity contribution in [3.63, 3.8) is 0 Å². The van der Waals surface area contributed by atoms with Gasteiger partial charge in [0, 0.05) is 0 Å². The van der Waals surface area contributed by atoms with Crippen LogP contribution in [0.5, 0.6) is 0 Å². The first-order valence-electron chi connectivity index (χ1n) is 7.75. The molecule has 5 heteroatoms. The van der Waals surface area contributed by atoms with Crippen LogP contribution in [0.25, 0.3) is 0 Å². The van der Waals surface area contributed by atoms with Crippen molar-refractivity contribution in [1.29, 1.82) is 0 Å². The number of hydrogen-bond acceptors (Lipinski definition) is 0.